The largest absolute Gasteiger partial charge is 0.353 e. The Morgan fingerprint density at radius 2 is 1.90 bits per heavy atom. The molecule has 1 aromatic carbocycles. The van der Waals surface area contributed by atoms with Crippen molar-refractivity contribution in [3.63, 3.8) is 0 Å². The van der Waals surface area contributed by atoms with Gasteiger partial charge in [0.1, 0.15) is 5.92 Å². The van der Waals surface area contributed by atoms with Crippen LogP contribution in [0.15, 0.2) is 36.5 Å². The number of carbonyl (C=O) groups is 2. The Labute approximate surface area is 179 Å². The maximum atomic E-state index is 13.1. The van der Waals surface area contributed by atoms with E-state index in [2.05, 4.69) is 15.1 Å². The lowest BCUT2D eigenvalue weighted by atomic mass is 10.1. The van der Waals surface area contributed by atoms with E-state index in [1.807, 2.05) is 12.1 Å². The molecule has 2 amide bonds. The van der Waals surface area contributed by atoms with E-state index in [1.165, 1.54) is 0 Å². The number of hydrogen-bond acceptors (Lipinski definition) is 5. The van der Waals surface area contributed by atoms with Crippen LogP contribution in [0.3, 0.4) is 0 Å². The van der Waals surface area contributed by atoms with E-state index in [0.717, 1.165) is 18.8 Å². The van der Waals surface area contributed by atoms with Crippen molar-refractivity contribution in [1.82, 2.24) is 15.1 Å². The van der Waals surface area contributed by atoms with Crippen molar-refractivity contribution in [2.24, 2.45) is 5.92 Å². The molecule has 4 rings (SSSR count). The lowest BCUT2D eigenvalue weighted by Crippen LogP contribution is -2.42. The minimum absolute atomic E-state index is 0.0986. The summed E-state index contributed by atoms with van der Waals surface area (Å²) in [5.41, 5.74) is 0.671. The number of amides is 2. The van der Waals surface area contributed by atoms with Crippen LogP contribution in [0.5, 0.6) is 0 Å². The number of halogens is 2. The molecule has 2 aliphatic heterocycles. The highest BCUT2D eigenvalue weighted by Gasteiger charge is 2.40. The fourth-order valence-corrected chi connectivity index (χ4v) is 4.16. The number of anilines is 2. The Balaban J connectivity index is 1.42. The highest BCUT2D eigenvalue weighted by Crippen LogP contribution is 2.31. The van der Waals surface area contributed by atoms with E-state index >= 15 is 0 Å². The first-order chi connectivity index (χ1) is 14.0. The van der Waals surface area contributed by atoms with Crippen LogP contribution < -0.4 is 9.80 Å². The van der Waals surface area contributed by atoms with E-state index in [4.69, 9.17) is 23.2 Å². The molecule has 1 unspecified atom stereocenters. The Morgan fingerprint density at radius 3 is 2.66 bits per heavy atom. The van der Waals surface area contributed by atoms with Crippen LogP contribution >= 0.6 is 23.2 Å². The van der Waals surface area contributed by atoms with Crippen LogP contribution in [0.1, 0.15) is 12.8 Å². The predicted octanol–water partition coefficient (Wildman–Crippen LogP) is 2.88. The molecular weight excluding hydrogens is 413 g/mol. The molecule has 0 saturated carbocycles. The standard InChI is InChI=1S/C20H21Cl2N5O2/c21-16-5-4-14(13-17(16)22)27-10-6-15(20(27)29)19(28)26-9-2-8-25(11-12-26)18-3-1-7-23-24-18/h1,3-5,7,13,15H,2,6,8-12H2. The summed E-state index contributed by atoms with van der Waals surface area (Å²) in [5.74, 6) is -0.112. The van der Waals surface area contributed by atoms with Gasteiger partial charge < -0.3 is 14.7 Å². The molecule has 29 heavy (non-hydrogen) atoms. The van der Waals surface area contributed by atoms with Gasteiger partial charge in [-0.05, 0) is 43.2 Å². The van der Waals surface area contributed by atoms with Gasteiger partial charge >= 0.3 is 0 Å². The van der Waals surface area contributed by atoms with Gasteiger partial charge in [-0.25, -0.2) is 0 Å². The van der Waals surface area contributed by atoms with Crippen molar-refractivity contribution in [3.8, 4) is 0 Å². The molecule has 0 N–H and O–H groups in total. The lowest BCUT2D eigenvalue weighted by molar-refractivity contribution is -0.139. The zero-order valence-corrected chi connectivity index (χ0v) is 17.3. The molecule has 9 heteroatoms. The summed E-state index contributed by atoms with van der Waals surface area (Å²) in [6.45, 7) is 3.16. The quantitative estimate of drug-likeness (QED) is 0.695. The van der Waals surface area contributed by atoms with Crippen molar-refractivity contribution in [2.75, 3.05) is 42.5 Å². The van der Waals surface area contributed by atoms with Gasteiger partial charge in [0.05, 0.1) is 10.0 Å². The molecule has 0 bridgehead atoms. The summed E-state index contributed by atoms with van der Waals surface area (Å²) >= 11 is 12.1. The van der Waals surface area contributed by atoms with Gasteiger partial charge in [-0.15, -0.1) is 5.10 Å². The lowest BCUT2D eigenvalue weighted by Gasteiger charge is -2.24. The van der Waals surface area contributed by atoms with Crippen LogP contribution in [0.25, 0.3) is 0 Å². The number of carbonyl (C=O) groups excluding carboxylic acids is 2. The van der Waals surface area contributed by atoms with Gasteiger partial charge in [0.2, 0.25) is 11.8 Å². The number of rotatable bonds is 3. The predicted molar refractivity (Wildman–Crippen MR) is 112 cm³/mol. The molecule has 1 atom stereocenters. The van der Waals surface area contributed by atoms with Crippen molar-refractivity contribution >= 4 is 46.5 Å². The molecular formula is C20H21Cl2N5O2. The van der Waals surface area contributed by atoms with E-state index < -0.39 is 5.92 Å². The fourth-order valence-electron chi connectivity index (χ4n) is 3.87. The van der Waals surface area contributed by atoms with Gasteiger partial charge in [-0.1, -0.05) is 23.2 Å². The van der Waals surface area contributed by atoms with Gasteiger partial charge in [-0.2, -0.15) is 5.10 Å². The summed E-state index contributed by atoms with van der Waals surface area (Å²) in [7, 11) is 0. The van der Waals surface area contributed by atoms with Crippen LogP contribution in [0.2, 0.25) is 10.0 Å². The third-order valence-electron chi connectivity index (χ3n) is 5.41. The monoisotopic (exact) mass is 433 g/mol. The number of nitrogens with zero attached hydrogens (tertiary/aromatic N) is 5. The minimum atomic E-state index is -0.646. The van der Waals surface area contributed by atoms with E-state index in [9.17, 15) is 9.59 Å². The Hall–Kier alpha value is -2.38. The second-order valence-electron chi connectivity index (χ2n) is 7.18. The summed E-state index contributed by atoms with van der Waals surface area (Å²) in [6, 6.07) is 8.85. The average molecular weight is 434 g/mol. The second kappa shape index (κ2) is 8.55. The Kier molecular flexibility index (Phi) is 5.87. The van der Waals surface area contributed by atoms with Gasteiger partial charge in [0.25, 0.3) is 0 Å². The highest BCUT2D eigenvalue weighted by atomic mass is 35.5. The molecule has 2 fully saturated rings. The number of hydrogen-bond donors (Lipinski definition) is 0. The smallest absolute Gasteiger partial charge is 0.239 e. The third kappa shape index (κ3) is 4.16. The summed E-state index contributed by atoms with van der Waals surface area (Å²) in [4.78, 5) is 31.6. The molecule has 1 aromatic heterocycles. The van der Waals surface area contributed by atoms with Gasteiger partial charge in [-0.3, -0.25) is 9.59 Å². The SMILES string of the molecule is O=C(C1CCN(c2ccc(Cl)c(Cl)c2)C1=O)N1CCCN(c2cccnn2)CC1. The Morgan fingerprint density at radius 1 is 1.03 bits per heavy atom. The third-order valence-corrected chi connectivity index (χ3v) is 6.15. The van der Waals surface area contributed by atoms with Crippen molar-refractivity contribution in [1.29, 1.82) is 0 Å². The first kappa shape index (κ1) is 19.9. The molecule has 0 radical (unpaired) electrons. The first-order valence-electron chi connectivity index (χ1n) is 9.62. The molecule has 2 aromatic rings. The van der Waals surface area contributed by atoms with E-state index in [1.54, 1.807) is 34.2 Å². The topological polar surface area (TPSA) is 69.6 Å². The summed E-state index contributed by atoms with van der Waals surface area (Å²) < 4.78 is 0. The van der Waals surface area contributed by atoms with E-state index in [-0.39, 0.29) is 11.8 Å². The second-order valence-corrected chi connectivity index (χ2v) is 7.99. The van der Waals surface area contributed by atoms with Crippen LogP contribution in [0.4, 0.5) is 11.5 Å². The van der Waals surface area contributed by atoms with Crippen molar-refractivity contribution in [3.05, 3.63) is 46.6 Å². The van der Waals surface area contributed by atoms with Crippen LogP contribution in [-0.2, 0) is 9.59 Å². The maximum Gasteiger partial charge on any atom is 0.239 e. The fraction of sp³-hybridized carbons (Fsp3) is 0.400. The van der Waals surface area contributed by atoms with Crippen LogP contribution in [-0.4, -0.2) is 59.6 Å². The normalized spacial score (nSPS) is 20.1. The van der Waals surface area contributed by atoms with Crippen LogP contribution in [0, 0.1) is 5.92 Å². The number of aromatic nitrogens is 2. The molecule has 2 saturated heterocycles. The molecule has 2 aliphatic rings. The summed E-state index contributed by atoms with van der Waals surface area (Å²) in [5, 5.41) is 8.91. The van der Waals surface area contributed by atoms with Gasteiger partial charge in [0, 0.05) is 44.6 Å². The maximum absolute atomic E-state index is 13.1. The first-order valence-corrected chi connectivity index (χ1v) is 10.4. The van der Waals surface area contributed by atoms with Crippen molar-refractivity contribution in [2.45, 2.75) is 12.8 Å². The average Bonchev–Trinajstić information content (AvgIpc) is 2.96. The molecule has 152 valence electrons. The van der Waals surface area contributed by atoms with E-state index in [0.29, 0.717) is 48.3 Å². The van der Waals surface area contributed by atoms with Crippen molar-refractivity contribution < 1.29 is 9.59 Å². The zero-order chi connectivity index (χ0) is 20.4. The molecule has 7 nitrogen and oxygen atoms in total. The minimum Gasteiger partial charge on any atom is -0.353 e. The molecule has 0 spiro atoms. The Bertz CT molecular complexity index is 911. The summed E-state index contributed by atoms with van der Waals surface area (Å²) in [6.07, 6.45) is 2.96. The molecule has 3 heterocycles. The van der Waals surface area contributed by atoms with Gasteiger partial charge in [0.15, 0.2) is 5.82 Å². The molecule has 0 aliphatic carbocycles. The number of benzene rings is 1. The highest BCUT2D eigenvalue weighted by molar-refractivity contribution is 6.42. The zero-order valence-electron chi connectivity index (χ0n) is 15.8.